The van der Waals surface area contributed by atoms with Crippen LogP contribution in [0.2, 0.25) is 0 Å². The van der Waals surface area contributed by atoms with Crippen molar-refractivity contribution in [2.24, 2.45) is 0 Å². The van der Waals surface area contributed by atoms with Crippen molar-refractivity contribution >= 4 is 17.9 Å². The summed E-state index contributed by atoms with van der Waals surface area (Å²) < 4.78 is 4.69. The second-order valence-corrected chi connectivity index (χ2v) is 3.94. The first kappa shape index (κ1) is 25.0. The Morgan fingerprint density at radius 2 is 1.46 bits per heavy atom. The van der Waals surface area contributed by atoms with Gasteiger partial charge in [0.05, 0.1) is 5.56 Å². The van der Waals surface area contributed by atoms with Gasteiger partial charge in [-0.25, -0.2) is 9.59 Å². The van der Waals surface area contributed by atoms with E-state index in [0.29, 0.717) is 0 Å². The molecule has 0 amide bonds. The highest BCUT2D eigenvalue weighted by atomic mass is 16.5. The highest BCUT2D eigenvalue weighted by Crippen LogP contribution is 2.17. The highest BCUT2D eigenvalue weighted by Gasteiger charge is 2.10. The van der Waals surface area contributed by atoms with E-state index >= 15 is 0 Å². The highest BCUT2D eigenvalue weighted by molar-refractivity contribution is 5.91. The summed E-state index contributed by atoms with van der Waals surface area (Å²) in [4.78, 5) is 35.0. The molecule has 0 bridgehead atoms. The third kappa shape index (κ3) is 10.5. The van der Waals surface area contributed by atoms with Crippen LogP contribution in [0.25, 0.3) is 0 Å². The molecular weight excluding hydrogens is 338 g/mol. The predicted molar refractivity (Wildman–Crippen MR) is 98.6 cm³/mol. The van der Waals surface area contributed by atoms with E-state index in [1.54, 1.807) is 18.2 Å². The van der Waals surface area contributed by atoms with Gasteiger partial charge >= 0.3 is 17.9 Å². The summed E-state index contributed by atoms with van der Waals surface area (Å²) in [6, 6.07) is 9.06. The standard InChI is InChI=1S/C9H8O4.C6H5NO2.2C2H6/c1-6(10)13-8-5-3-2-4-7(8)9(11)12;8-6(9)5-2-1-3-7-4-5;2*1-2/h2-5H,1H3,(H,11,12);1-4H,(H,8,9);2*1-2H3. The number of carbonyl (C=O) groups excluding carboxylic acids is 1. The van der Waals surface area contributed by atoms with Crippen LogP contribution in [0.1, 0.15) is 55.3 Å². The third-order valence-electron chi connectivity index (χ3n) is 2.28. The van der Waals surface area contributed by atoms with Crippen LogP contribution in [0.4, 0.5) is 0 Å². The molecule has 0 radical (unpaired) electrons. The molecule has 7 heteroatoms. The second kappa shape index (κ2) is 15.3. The molecule has 0 unspecified atom stereocenters. The molecule has 1 aromatic carbocycles. The fourth-order valence-electron chi connectivity index (χ4n) is 1.38. The average Bonchev–Trinajstić information content (AvgIpc) is 2.66. The van der Waals surface area contributed by atoms with E-state index in [-0.39, 0.29) is 16.9 Å². The second-order valence-electron chi connectivity index (χ2n) is 3.94. The quantitative estimate of drug-likeness (QED) is 0.622. The van der Waals surface area contributed by atoms with E-state index in [2.05, 4.69) is 9.72 Å². The van der Waals surface area contributed by atoms with Crippen molar-refractivity contribution < 1.29 is 29.3 Å². The van der Waals surface area contributed by atoms with Crippen molar-refractivity contribution in [3.8, 4) is 5.75 Å². The molecule has 0 aliphatic carbocycles. The molecule has 0 fully saturated rings. The number of ether oxygens (including phenoxy) is 1. The molecule has 1 heterocycles. The minimum absolute atomic E-state index is 0.0160. The van der Waals surface area contributed by atoms with Gasteiger partial charge in [-0.05, 0) is 24.3 Å². The fraction of sp³-hybridized carbons (Fsp3) is 0.263. The maximum atomic E-state index is 10.6. The van der Waals surface area contributed by atoms with Gasteiger partial charge in [0.1, 0.15) is 11.3 Å². The monoisotopic (exact) mass is 363 g/mol. The van der Waals surface area contributed by atoms with E-state index in [1.165, 1.54) is 37.5 Å². The lowest BCUT2D eigenvalue weighted by atomic mass is 10.2. The zero-order chi connectivity index (χ0) is 20.5. The number of benzene rings is 1. The van der Waals surface area contributed by atoms with Crippen molar-refractivity contribution in [2.45, 2.75) is 34.6 Å². The Hall–Kier alpha value is -3.22. The first-order chi connectivity index (χ1) is 12.4. The minimum Gasteiger partial charge on any atom is -0.478 e. The van der Waals surface area contributed by atoms with E-state index in [4.69, 9.17) is 10.2 Å². The summed E-state index contributed by atoms with van der Waals surface area (Å²) in [6.07, 6.45) is 2.84. The Labute approximate surface area is 153 Å². The number of aromatic nitrogens is 1. The molecule has 26 heavy (non-hydrogen) atoms. The smallest absolute Gasteiger partial charge is 0.339 e. The largest absolute Gasteiger partial charge is 0.478 e. The molecule has 0 saturated carbocycles. The molecule has 2 aromatic rings. The fourth-order valence-corrected chi connectivity index (χ4v) is 1.38. The van der Waals surface area contributed by atoms with Crippen LogP contribution < -0.4 is 4.74 Å². The lowest BCUT2D eigenvalue weighted by Gasteiger charge is -2.03. The van der Waals surface area contributed by atoms with Crippen LogP contribution in [0, 0.1) is 0 Å². The number of rotatable bonds is 3. The third-order valence-corrected chi connectivity index (χ3v) is 2.28. The number of carboxylic acids is 2. The van der Waals surface area contributed by atoms with Gasteiger partial charge in [-0.15, -0.1) is 0 Å². The number of para-hydroxylation sites is 1. The number of aromatic carboxylic acids is 2. The molecule has 0 aliphatic rings. The summed E-state index contributed by atoms with van der Waals surface area (Å²) in [7, 11) is 0. The number of hydrogen-bond donors (Lipinski definition) is 2. The topological polar surface area (TPSA) is 114 Å². The zero-order valence-electron chi connectivity index (χ0n) is 15.6. The van der Waals surface area contributed by atoms with E-state index in [1.807, 2.05) is 27.7 Å². The van der Waals surface area contributed by atoms with Crippen LogP contribution in [0.15, 0.2) is 48.8 Å². The Morgan fingerprint density at radius 3 is 1.85 bits per heavy atom. The number of carboxylic acid groups (broad SMARTS) is 2. The van der Waals surface area contributed by atoms with Gasteiger partial charge in [0.15, 0.2) is 0 Å². The Kier molecular flexibility index (Phi) is 14.7. The maximum Gasteiger partial charge on any atom is 0.339 e. The summed E-state index contributed by atoms with van der Waals surface area (Å²) >= 11 is 0. The Bertz CT molecular complexity index is 671. The van der Waals surface area contributed by atoms with Gasteiger partial charge < -0.3 is 14.9 Å². The lowest BCUT2D eigenvalue weighted by Crippen LogP contribution is -2.06. The normalized spacial score (nSPS) is 8.19. The molecule has 0 aliphatic heterocycles. The number of carbonyl (C=O) groups is 3. The van der Waals surface area contributed by atoms with Gasteiger partial charge in [0.25, 0.3) is 0 Å². The van der Waals surface area contributed by atoms with Crippen molar-refractivity contribution in [3.05, 3.63) is 59.9 Å². The van der Waals surface area contributed by atoms with E-state index in [9.17, 15) is 14.4 Å². The van der Waals surface area contributed by atoms with Crippen LogP contribution >= 0.6 is 0 Å². The Morgan fingerprint density at radius 1 is 0.885 bits per heavy atom. The van der Waals surface area contributed by atoms with Crippen molar-refractivity contribution in [3.63, 3.8) is 0 Å². The lowest BCUT2D eigenvalue weighted by molar-refractivity contribution is -0.131. The summed E-state index contributed by atoms with van der Waals surface area (Å²) in [6.45, 7) is 9.22. The molecule has 142 valence electrons. The van der Waals surface area contributed by atoms with Crippen molar-refractivity contribution in [1.82, 2.24) is 4.98 Å². The van der Waals surface area contributed by atoms with Gasteiger partial charge in [0.2, 0.25) is 0 Å². The first-order valence-corrected chi connectivity index (χ1v) is 8.06. The SMILES string of the molecule is CC.CC.CC(=O)Oc1ccccc1C(=O)O.O=C(O)c1cccnc1. The average molecular weight is 363 g/mol. The number of hydrogen-bond acceptors (Lipinski definition) is 5. The van der Waals surface area contributed by atoms with Crippen LogP contribution in [-0.2, 0) is 4.79 Å². The summed E-state index contributed by atoms with van der Waals surface area (Å²) in [5, 5.41) is 17.0. The molecule has 7 nitrogen and oxygen atoms in total. The van der Waals surface area contributed by atoms with E-state index < -0.39 is 17.9 Å². The Balaban J connectivity index is 0. The number of esters is 1. The van der Waals surface area contributed by atoms with Crippen molar-refractivity contribution in [2.75, 3.05) is 0 Å². The van der Waals surface area contributed by atoms with Crippen molar-refractivity contribution in [1.29, 1.82) is 0 Å². The molecule has 2 rings (SSSR count). The first-order valence-electron chi connectivity index (χ1n) is 8.06. The molecule has 2 N–H and O–H groups in total. The van der Waals surface area contributed by atoms with Crippen LogP contribution in [0.5, 0.6) is 5.75 Å². The molecule has 0 saturated heterocycles. The summed E-state index contributed by atoms with van der Waals surface area (Å²) in [5.41, 5.74) is 0.204. The zero-order valence-corrected chi connectivity index (χ0v) is 15.6. The van der Waals surface area contributed by atoms with E-state index in [0.717, 1.165) is 0 Å². The van der Waals surface area contributed by atoms with Crippen LogP contribution in [-0.4, -0.2) is 33.1 Å². The van der Waals surface area contributed by atoms with Gasteiger partial charge in [-0.1, -0.05) is 39.8 Å². The molecule has 0 atom stereocenters. The number of pyridine rings is 1. The molecular formula is C19H25NO6. The number of nitrogens with zero attached hydrogens (tertiary/aromatic N) is 1. The summed E-state index contributed by atoms with van der Waals surface area (Å²) in [5.74, 6) is -2.52. The molecule has 0 spiro atoms. The van der Waals surface area contributed by atoms with Crippen LogP contribution in [0.3, 0.4) is 0 Å². The minimum atomic E-state index is -1.11. The maximum absolute atomic E-state index is 10.6. The van der Waals surface area contributed by atoms with Gasteiger partial charge in [-0.2, -0.15) is 0 Å². The predicted octanol–water partition coefficient (Wildman–Crippen LogP) is 4.14. The van der Waals surface area contributed by atoms with Gasteiger partial charge in [-0.3, -0.25) is 9.78 Å². The van der Waals surface area contributed by atoms with Gasteiger partial charge in [0, 0.05) is 19.3 Å². The molecule has 1 aromatic heterocycles.